The SMILES string of the molecule is O=C(NCCc1ccc(CO)cc1)OCC1c2ccccc2-c2ccccc21. The molecule has 0 heterocycles. The Balaban J connectivity index is 1.32. The van der Waals surface area contributed by atoms with E-state index in [0.29, 0.717) is 13.2 Å². The second-order valence-corrected chi connectivity index (χ2v) is 6.98. The largest absolute Gasteiger partial charge is 0.449 e. The normalized spacial score (nSPS) is 12.3. The van der Waals surface area contributed by atoms with Crippen LogP contribution in [0, 0.1) is 0 Å². The number of amides is 1. The predicted molar refractivity (Wildman–Crippen MR) is 109 cm³/mol. The minimum absolute atomic E-state index is 0.0400. The molecular weight excluding hydrogens is 350 g/mol. The smallest absolute Gasteiger partial charge is 0.407 e. The van der Waals surface area contributed by atoms with Crippen molar-refractivity contribution in [1.82, 2.24) is 5.32 Å². The zero-order valence-electron chi connectivity index (χ0n) is 15.6. The summed E-state index contributed by atoms with van der Waals surface area (Å²) in [4.78, 5) is 12.1. The van der Waals surface area contributed by atoms with Gasteiger partial charge in [-0.3, -0.25) is 0 Å². The third-order valence-corrected chi connectivity index (χ3v) is 5.23. The maximum atomic E-state index is 12.1. The number of ether oxygens (including phenoxy) is 1. The Morgan fingerprint density at radius 1 is 0.857 bits per heavy atom. The number of aliphatic hydroxyl groups excluding tert-OH is 1. The molecule has 1 amide bonds. The van der Waals surface area contributed by atoms with Crippen molar-refractivity contribution >= 4 is 6.09 Å². The summed E-state index contributed by atoms with van der Waals surface area (Å²) in [5.74, 6) is 0.0733. The molecule has 0 spiro atoms. The summed E-state index contributed by atoms with van der Waals surface area (Å²) < 4.78 is 5.53. The van der Waals surface area contributed by atoms with Gasteiger partial charge in [-0.2, -0.15) is 0 Å². The molecule has 3 aromatic rings. The molecule has 0 aromatic heterocycles. The van der Waals surface area contributed by atoms with E-state index < -0.39 is 6.09 Å². The molecule has 0 saturated carbocycles. The first-order valence-electron chi connectivity index (χ1n) is 9.54. The van der Waals surface area contributed by atoms with Gasteiger partial charge in [0.25, 0.3) is 0 Å². The van der Waals surface area contributed by atoms with E-state index in [-0.39, 0.29) is 12.5 Å². The van der Waals surface area contributed by atoms with E-state index in [1.54, 1.807) is 0 Å². The Hall–Kier alpha value is -3.11. The van der Waals surface area contributed by atoms with Crippen LogP contribution in [0.25, 0.3) is 11.1 Å². The van der Waals surface area contributed by atoms with Crippen LogP contribution in [-0.2, 0) is 17.8 Å². The molecular formula is C24H23NO3. The van der Waals surface area contributed by atoms with Gasteiger partial charge in [-0.25, -0.2) is 4.79 Å². The lowest BCUT2D eigenvalue weighted by atomic mass is 9.98. The fraction of sp³-hybridized carbons (Fsp3) is 0.208. The lowest BCUT2D eigenvalue weighted by Gasteiger charge is -2.14. The molecule has 1 aliphatic carbocycles. The molecule has 3 aromatic carbocycles. The molecule has 0 bridgehead atoms. The number of fused-ring (bicyclic) bond motifs is 3. The summed E-state index contributed by atoms with van der Waals surface area (Å²) in [6.45, 7) is 0.873. The third-order valence-electron chi connectivity index (χ3n) is 5.23. The van der Waals surface area contributed by atoms with Gasteiger partial charge in [0.05, 0.1) is 6.61 Å². The quantitative estimate of drug-likeness (QED) is 0.679. The van der Waals surface area contributed by atoms with Gasteiger partial charge in [-0.1, -0.05) is 72.8 Å². The molecule has 0 radical (unpaired) electrons. The minimum Gasteiger partial charge on any atom is -0.449 e. The number of carbonyl (C=O) groups excluding carboxylic acids is 1. The van der Waals surface area contributed by atoms with Gasteiger partial charge in [-0.15, -0.1) is 0 Å². The Kier molecular flexibility index (Phi) is 5.40. The number of hydrogen-bond acceptors (Lipinski definition) is 3. The molecule has 142 valence electrons. The van der Waals surface area contributed by atoms with Gasteiger partial charge in [0, 0.05) is 12.5 Å². The predicted octanol–water partition coefficient (Wildman–Crippen LogP) is 4.26. The van der Waals surface area contributed by atoms with Crippen molar-refractivity contribution in [3.8, 4) is 11.1 Å². The number of nitrogens with one attached hydrogen (secondary N) is 1. The van der Waals surface area contributed by atoms with Crippen LogP contribution in [0.4, 0.5) is 4.79 Å². The van der Waals surface area contributed by atoms with E-state index in [1.165, 1.54) is 22.3 Å². The van der Waals surface area contributed by atoms with Crippen molar-refractivity contribution in [2.24, 2.45) is 0 Å². The highest BCUT2D eigenvalue weighted by Gasteiger charge is 2.28. The molecule has 0 aliphatic heterocycles. The van der Waals surface area contributed by atoms with E-state index in [1.807, 2.05) is 48.5 Å². The molecule has 1 aliphatic rings. The number of alkyl carbamates (subject to hydrolysis) is 1. The molecule has 28 heavy (non-hydrogen) atoms. The van der Waals surface area contributed by atoms with E-state index in [2.05, 4.69) is 29.6 Å². The Labute approximate surface area is 164 Å². The lowest BCUT2D eigenvalue weighted by Crippen LogP contribution is -2.28. The van der Waals surface area contributed by atoms with Crippen molar-refractivity contribution in [2.75, 3.05) is 13.2 Å². The molecule has 0 saturated heterocycles. The molecule has 0 fully saturated rings. The van der Waals surface area contributed by atoms with E-state index in [4.69, 9.17) is 9.84 Å². The monoisotopic (exact) mass is 373 g/mol. The van der Waals surface area contributed by atoms with Gasteiger partial charge in [0.2, 0.25) is 0 Å². The fourth-order valence-electron chi connectivity index (χ4n) is 3.77. The molecule has 4 rings (SSSR count). The number of carbonyl (C=O) groups is 1. The van der Waals surface area contributed by atoms with E-state index in [0.717, 1.165) is 17.5 Å². The maximum Gasteiger partial charge on any atom is 0.407 e. The van der Waals surface area contributed by atoms with Gasteiger partial charge in [-0.05, 0) is 39.8 Å². The van der Waals surface area contributed by atoms with E-state index in [9.17, 15) is 4.79 Å². The summed E-state index contributed by atoms with van der Waals surface area (Å²) in [5.41, 5.74) is 6.85. The van der Waals surface area contributed by atoms with Crippen molar-refractivity contribution in [2.45, 2.75) is 18.9 Å². The third kappa shape index (κ3) is 3.78. The van der Waals surface area contributed by atoms with Crippen LogP contribution in [0.15, 0.2) is 72.8 Å². The maximum absolute atomic E-state index is 12.1. The summed E-state index contributed by atoms with van der Waals surface area (Å²) in [7, 11) is 0. The Bertz CT molecular complexity index is 920. The molecule has 0 atom stereocenters. The molecule has 4 heteroatoms. The summed E-state index contributed by atoms with van der Waals surface area (Å²) in [6, 6.07) is 24.3. The molecule has 0 unspecified atom stereocenters. The molecule has 4 nitrogen and oxygen atoms in total. The molecule has 2 N–H and O–H groups in total. The van der Waals surface area contributed by atoms with Crippen LogP contribution >= 0.6 is 0 Å². The average molecular weight is 373 g/mol. The summed E-state index contributed by atoms with van der Waals surface area (Å²) in [5, 5.41) is 11.9. The van der Waals surface area contributed by atoms with Crippen molar-refractivity contribution in [1.29, 1.82) is 0 Å². The minimum atomic E-state index is -0.395. The summed E-state index contributed by atoms with van der Waals surface area (Å²) in [6.07, 6.45) is 0.324. The zero-order valence-corrected chi connectivity index (χ0v) is 15.6. The van der Waals surface area contributed by atoms with Crippen LogP contribution in [0.2, 0.25) is 0 Å². The number of aliphatic hydroxyl groups is 1. The van der Waals surface area contributed by atoms with Gasteiger partial charge < -0.3 is 15.2 Å². The van der Waals surface area contributed by atoms with Crippen LogP contribution in [0.5, 0.6) is 0 Å². The second kappa shape index (κ2) is 8.28. The first-order valence-corrected chi connectivity index (χ1v) is 9.54. The standard InChI is InChI=1S/C24H23NO3/c26-15-18-11-9-17(10-12-18)13-14-25-24(27)28-16-23-21-7-3-1-5-19(21)20-6-2-4-8-22(20)23/h1-12,23,26H,13-16H2,(H,25,27). The van der Waals surface area contributed by atoms with Crippen LogP contribution < -0.4 is 5.32 Å². The highest BCUT2D eigenvalue weighted by Crippen LogP contribution is 2.44. The second-order valence-electron chi connectivity index (χ2n) is 6.98. The van der Waals surface area contributed by atoms with Crippen molar-refractivity contribution in [3.05, 3.63) is 95.1 Å². The van der Waals surface area contributed by atoms with Crippen molar-refractivity contribution < 1.29 is 14.6 Å². The number of benzene rings is 3. The first-order chi connectivity index (χ1) is 13.8. The van der Waals surface area contributed by atoms with Crippen LogP contribution in [-0.4, -0.2) is 24.4 Å². The number of hydrogen-bond donors (Lipinski definition) is 2. The van der Waals surface area contributed by atoms with Crippen LogP contribution in [0.1, 0.15) is 28.2 Å². The lowest BCUT2D eigenvalue weighted by molar-refractivity contribution is 0.143. The van der Waals surface area contributed by atoms with Crippen molar-refractivity contribution in [3.63, 3.8) is 0 Å². The topological polar surface area (TPSA) is 58.6 Å². The Morgan fingerprint density at radius 2 is 1.43 bits per heavy atom. The fourth-order valence-corrected chi connectivity index (χ4v) is 3.77. The zero-order chi connectivity index (χ0) is 19.3. The van der Waals surface area contributed by atoms with E-state index >= 15 is 0 Å². The highest BCUT2D eigenvalue weighted by atomic mass is 16.5. The first kappa shape index (κ1) is 18.3. The van der Waals surface area contributed by atoms with Gasteiger partial charge in [0.15, 0.2) is 0 Å². The number of rotatable bonds is 6. The van der Waals surface area contributed by atoms with Crippen LogP contribution in [0.3, 0.4) is 0 Å². The highest BCUT2D eigenvalue weighted by molar-refractivity contribution is 5.79. The van der Waals surface area contributed by atoms with Gasteiger partial charge >= 0.3 is 6.09 Å². The average Bonchev–Trinajstić information content (AvgIpc) is 3.07. The Morgan fingerprint density at radius 3 is 2.04 bits per heavy atom. The van der Waals surface area contributed by atoms with Gasteiger partial charge in [0.1, 0.15) is 6.61 Å². The summed E-state index contributed by atoms with van der Waals surface area (Å²) >= 11 is 0.